The maximum atomic E-state index is 12.8. The molecule has 2 N–H and O–H groups in total. The molecule has 1 saturated heterocycles. The highest BCUT2D eigenvalue weighted by atomic mass is 79.9. The number of amides is 4. The summed E-state index contributed by atoms with van der Waals surface area (Å²) in [4.78, 5) is 50.7. The van der Waals surface area contributed by atoms with Crippen LogP contribution in [-0.4, -0.2) is 41.0 Å². The second kappa shape index (κ2) is 12.3. The van der Waals surface area contributed by atoms with Gasteiger partial charge in [-0.05, 0) is 88.7 Å². The molecule has 38 heavy (non-hydrogen) atoms. The van der Waals surface area contributed by atoms with E-state index < -0.39 is 23.6 Å². The second-order valence-corrected chi connectivity index (χ2v) is 10.5. The van der Waals surface area contributed by atoms with Gasteiger partial charge in [-0.25, -0.2) is 0 Å². The lowest BCUT2D eigenvalue weighted by molar-refractivity contribution is -0.127. The molecule has 4 rings (SSSR count). The van der Waals surface area contributed by atoms with Crippen LogP contribution in [0.4, 0.5) is 16.2 Å². The van der Waals surface area contributed by atoms with Gasteiger partial charge in [0.1, 0.15) is 12.3 Å². The minimum atomic E-state index is -0.558. The molecule has 0 aromatic heterocycles. The average Bonchev–Trinajstić information content (AvgIpc) is 3.14. The van der Waals surface area contributed by atoms with Crippen LogP contribution in [0.3, 0.4) is 0 Å². The number of halogens is 2. The van der Waals surface area contributed by atoms with Crippen LogP contribution >= 0.6 is 39.3 Å². The van der Waals surface area contributed by atoms with Crippen molar-refractivity contribution in [2.45, 2.75) is 6.92 Å². The van der Waals surface area contributed by atoms with Crippen LogP contribution < -0.4 is 15.4 Å². The lowest BCUT2D eigenvalue weighted by Gasteiger charge is -2.12. The summed E-state index contributed by atoms with van der Waals surface area (Å²) in [6.07, 6.45) is 1.56. The van der Waals surface area contributed by atoms with Crippen molar-refractivity contribution in [1.82, 2.24) is 4.90 Å². The van der Waals surface area contributed by atoms with Gasteiger partial charge in [0.05, 0.1) is 9.93 Å². The zero-order valence-electron chi connectivity index (χ0n) is 20.0. The number of ether oxygens (including phenoxy) is 1. The van der Waals surface area contributed by atoms with Crippen molar-refractivity contribution < 1.29 is 23.9 Å². The number of nitrogens with one attached hydrogen (secondary N) is 2. The highest BCUT2D eigenvalue weighted by Gasteiger charge is 2.36. The number of anilines is 2. The molecule has 1 fully saturated rings. The van der Waals surface area contributed by atoms with Gasteiger partial charge in [-0.15, -0.1) is 0 Å². The first-order valence-electron chi connectivity index (χ1n) is 11.3. The Hall–Kier alpha value is -3.60. The van der Waals surface area contributed by atoms with Crippen LogP contribution in [0.1, 0.15) is 11.1 Å². The minimum absolute atomic E-state index is 0.166. The maximum absolute atomic E-state index is 12.8. The summed E-state index contributed by atoms with van der Waals surface area (Å²) in [6.45, 7) is 1.37. The number of hydrogen-bond acceptors (Lipinski definition) is 6. The van der Waals surface area contributed by atoms with E-state index in [2.05, 4.69) is 26.6 Å². The van der Waals surface area contributed by atoms with Crippen LogP contribution in [0.25, 0.3) is 6.08 Å². The van der Waals surface area contributed by atoms with Crippen molar-refractivity contribution in [2.24, 2.45) is 0 Å². The Kier molecular flexibility index (Phi) is 8.88. The molecule has 194 valence electrons. The highest BCUT2D eigenvalue weighted by Crippen LogP contribution is 2.32. The van der Waals surface area contributed by atoms with Crippen molar-refractivity contribution in [2.75, 3.05) is 23.8 Å². The predicted molar refractivity (Wildman–Crippen MR) is 152 cm³/mol. The van der Waals surface area contributed by atoms with Crippen LogP contribution in [0.2, 0.25) is 5.02 Å². The zero-order valence-corrected chi connectivity index (χ0v) is 23.2. The van der Waals surface area contributed by atoms with Crippen LogP contribution in [-0.2, 0) is 14.4 Å². The summed E-state index contributed by atoms with van der Waals surface area (Å²) in [5.74, 6) is -0.908. The highest BCUT2D eigenvalue weighted by molar-refractivity contribution is 9.10. The molecule has 11 heteroatoms. The van der Waals surface area contributed by atoms with E-state index >= 15 is 0 Å². The smallest absolute Gasteiger partial charge is 0.294 e. The molecule has 0 saturated carbocycles. The number of imide groups is 1. The summed E-state index contributed by atoms with van der Waals surface area (Å²) < 4.78 is 6.21. The summed E-state index contributed by atoms with van der Waals surface area (Å²) >= 11 is 10.1. The third kappa shape index (κ3) is 7.25. The molecule has 3 aromatic rings. The second-order valence-electron chi connectivity index (χ2n) is 8.22. The summed E-state index contributed by atoms with van der Waals surface area (Å²) in [6, 6.07) is 19.0. The van der Waals surface area contributed by atoms with Gasteiger partial charge in [0.15, 0.2) is 6.61 Å². The predicted octanol–water partition coefficient (Wildman–Crippen LogP) is 6.10. The number of nitrogens with zero attached hydrogens (tertiary/aromatic N) is 1. The Morgan fingerprint density at radius 2 is 1.63 bits per heavy atom. The maximum Gasteiger partial charge on any atom is 0.294 e. The Bertz CT molecular complexity index is 1430. The Morgan fingerprint density at radius 1 is 0.974 bits per heavy atom. The largest absolute Gasteiger partial charge is 0.484 e. The van der Waals surface area contributed by atoms with E-state index in [1.165, 1.54) is 0 Å². The van der Waals surface area contributed by atoms with E-state index in [4.69, 9.17) is 16.3 Å². The Morgan fingerprint density at radius 3 is 2.32 bits per heavy atom. The molecule has 3 aromatic carbocycles. The Balaban J connectivity index is 1.30. The molecule has 1 heterocycles. The fourth-order valence-corrected chi connectivity index (χ4v) is 4.61. The van der Waals surface area contributed by atoms with Crippen molar-refractivity contribution in [3.8, 4) is 5.75 Å². The van der Waals surface area contributed by atoms with Crippen molar-refractivity contribution in [3.05, 3.63) is 92.3 Å². The van der Waals surface area contributed by atoms with Gasteiger partial charge in [-0.3, -0.25) is 24.1 Å². The zero-order chi connectivity index (χ0) is 27.2. The molecule has 0 radical (unpaired) electrons. The van der Waals surface area contributed by atoms with E-state index in [9.17, 15) is 19.2 Å². The molecular formula is C27H21BrClN3O5S. The number of carbonyl (C=O) groups excluding carboxylic acids is 4. The third-order valence-corrected chi connectivity index (χ3v) is 7.40. The minimum Gasteiger partial charge on any atom is -0.484 e. The topological polar surface area (TPSA) is 105 Å². The quantitative estimate of drug-likeness (QED) is 0.297. The normalized spacial score (nSPS) is 14.1. The first kappa shape index (κ1) is 27.4. The van der Waals surface area contributed by atoms with Crippen molar-refractivity contribution in [3.63, 3.8) is 0 Å². The summed E-state index contributed by atoms with van der Waals surface area (Å²) in [5.41, 5.74) is 2.88. The molecular weight excluding hydrogens is 594 g/mol. The standard InChI is InChI=1S/C27H21BrClN3O5S/c1-16-2-6-18(7-3-16)30-25(34)15-37-20-9-4-17(5-10-20)12-23-26(35)32(27(36)38-23)14-24(33)31-19-8-11-21(28)22(29)13-19/h2-13H,14-15H2,1H3,(H,30,34)(H,31,33)/b23-12+. The fourth-order valence-electron chi connectivity index (χ4n) is 3.35. The number of benzene rings is 3. The van der Waals surface area contributed by atoms with Crippen molar-refractivity contribution in [1.29, 1.82) is 0 Å². The number of hydrogen-bond donors (Lipinski definition) is 2. The van der Waals surface area contributed by atoms with Gasteiger partial charge in [-0.2, -0.15) is 0 Å². The fraction of sp³-hybridized carbons (Fsp3) is 0.111. The molecule has 0 unspecified atom stereocenters. The third-order valence-electron chi connectivity index (χ3n) is 5.26. The molecule has 1 aliphatic heterocycles. The van der Waals surface area contributed by atoms with Crippen LogP contribution in [0.5, 0.6) is 5.75 Å². The van der Waals surface area contributed by atoms with Gasteiger partial charge in [0, 0.05) is 15.8 Å². The first-order chi connectivity index (χ1) is 18.2. The molecule has 8 nitrogen and oxygen atoms in total. The summed E-state index contributed by atoms with van der Waals surface area (Å²) in [5, 5.41) is 5.26. The van der Waals surface area contributed by atoms with Gasteiger partial charge < -0.3 is 15.4 Å². The number of thioether (sulfide) groups is 1. The monoisotopic (exact) mass is 613 g/mol. The summed E-state index contributed by atoms with van der Waals surface area (Å²) in [7, 11) is 0. The molecule has 0 atom stereocenters. The molecule has 4 amide bonds. The van der Waals surface area contributed by atoms with Gasteiger partial charge in [0.25, 0.3) is 17.1 Å². The number of rotatable bonds is 8. The lowest BCUT2D eigenvalue weighted by Crippen LogP contribution is -2.36. The van der Waals surface area contributed by atoms with E-state index in [0.29, 0.717) is 32.2 Å². The first-order valence-corrected chi connectivity index (χ1v) is 13.3. The molecule has 0 bridgehead atoms. The van der Waals surface area contributed by atoms with Crippen LogP contribution in [0.15, 0.2) is 76.1 Å². The molecule has 0 aliphatic carbocycles. The van der Waals surface area contributed by atoms with Crippen molar-refractivity contribution >= 4 is 79.7 Å². The number of aryl methyl sites for hydroxylation is 1. The molecule has 1 aliphatic rings. The van der Waals surface area contributed by atoms with Gasteiger partial charge in [-0.1, -0.05) is 41.4 Å². The number of carbonyl (C=O) groups is 4. The van der Waals surface area contributed by atoms with E-state index in [1.54, 1.807) is 48.5 Å². The lowest BCUT2D eigenvalue weighted by atomic mass is 10.2. The van der Waals surface area contributed by atoms with Crippen LogP contribution in [0, 0.1) is 6.92 Å². The molecule has 0 spiro atoms. The average molecular weight is 615 g/mol. The van der Waals surface area contributed by atoms with E-state index in [1.807, 2.05) is 31.2 Å². The Labute approximate surface area is 236 Å². The SMILES string of the molecule is Cc1ccc(NC(=O)COc2ccc(/C=C3/SC(=O)N(CC(=O)Nc4ccc(Br)c(Cl)c4)C3=O)cc2)cc1. The van der Waals surface area contributed by atoms with Gasteiger partial charge in [0.2, 0.25) is 5.91 Å². The van der Waals surface area contributed by atoms with E-state index in [-0.39, 0.29) is 17.4 Å². The van der Waals surface area contributed by atoms with E-state index in [0.717, 1.165) is 22.2 Å². The van der Waals surface area contributed by atoms with Gasteiger partial charge >= 0.3 is 0 Å².